The third kappa shape index (κ3) is 3.09. The zero-order valence-electron chi connectivity index (χ0n) is 13.8. The average molecular weight is 414 g/mol. The minimum atomic E-state index is -1.15. The molecule has 26 heavy (non-hydrogen) atoms. The number of hydrogen-bond acceptors (Lipinski definition) is 6. The molecule has 0 aliphatic carbocycles. The monoisotopic (exact) mass is 413 g/mol. The van der Waals surface area contributed by atoms with Gasteiger partial charge in [-0.15, -0.1) is 11.3 Å². The minimum Gasteiger partial charge on any atom is -0.386 e. The molecule has 1 saturated heterocycles. The van der Waals surface area contributed by atoms with Gasteiger partial charge < -0.3 is 10.5 Å². The molecule has 4 heterocycles. The molecule has 0 radical (unpaired) electrons. The van der Waals surface area contributed by atoms with Gasteiger partial charge in [0.1, 0.15) is 16.4 Å². The third-order valence-electron chi connectivity index (χ3n) is 4.81. The van der Waals surface area contributed by atoms with Gasteiger partial charge in [0.05, 0.1) is 23.0 Å². The van der Waals surface area contributed by atoms with Crippen molar-refractivity contribution < 1.29 is 13.3 Å². The van der Waals surface area contributed by atoms with Crippen LogP contribution in [0.15, 0.2) is 29.5 Å². The Hall–Kier alpha value is -1.35. The van der Waals surface area contributed by atoms with E-state index in [0.717, 1.165) is 16.0 Å². The summed E-state index contributed by atoms with van der Waals surface area (Å²) in [5, 5.41) is 0.524. The third-order valence-corrected chi connectivity index (χ3v) is 8.63. The van der Waals surface area contributed by atoms with Crippen LogP contribution < -0.4 is 5.73 Å². The van der Waals surface area contributed by atoms with E-state index in [-0.39, 0.29) is 6.04 Å². The lowest BCUT2D eigenvalue weighted by molar-refractivity contribution is 0.0890. The topological polar surface area (TPSA) is 77.6 Å². The first kappa shape index (κ1) is 18.0. The van der Waals surface area contributed by atoms with Crippen molar-refractivity contribution in [1.82, 2.24) is 4.98 Å². The first-order valence-corrected chi connectivity index (χ1v) is 10.7. The molecule has 5 nitrogen and oxygen atoms in total. The number of pyridine rings is 1. The number of halogens is 2. The molecule has 2 aliphatic heterocycles. The van der Waals surface area contributed by atoms with Gasteiger partial charge in [-0.3, -0.25) is 14.2 Å². The summed E-state index contributed by atoms with van der Waals surface area (Å²) in [5.41, 5.74) is 6.90. The fourth-order valence-corrected chi connectivity index (χ4v) is 6.71. The van der Waals surface area contributed by atoms with Gasteiger partial charge in [0.2, 0.25) is 0 Å². The lowest BCUT2D eigenvalue weighted by Crippen LogP contribution is -2.54. The predicted octanol–water partition coefficient (Wildman–Crippen LogP) is 3.31. The second kappa shape index (κ2) is 6.99. The molecule has 4 rings (SSSR count). The Labute approximate surface area is 161 Å². The van der Waals surface area contributed by atoms with E-state index < -0.39 is 21.4 Å². The number of rotatable bonds is 2. The fourth-order valence-electron chi connectivity index (χ4n) is 3.36. The Morgan fingerprint density at radius 2 is 2.12 bits per heavy atom. The zero-order chi connectivity index (χ0) is 18.3. The van der Waals surface area contributed by atoms with E-state index in [1.165, 1.54) is 17.4 Å². The van der Waals surface area contributed by atoms with E-state index in [1.54, 1.807) is 12.3 Å². The molecule has 2 aromatic heterocycles. The quantitative estimate of drug-likeness (QED) is 0.819. The van der Waals surface area contributed by atoms with Crippen molar-refractivity contribution >= 4 is 39.6 Å². The second-order valence-electron chi connectivity index (χ2n) is 6.36. The smallest absolute Gasteiger partial charge is 0.142 e. The average Bonchev–Trinajstić information content (AvgIpc) is 3.02. The van der Waals surface area contributed by atoms with E-state index in [1.807, 2.05) is 0 Å². The molecule has 1 fully saturated rings. The molecule has 0 amide bonds. The van der Waals surface area contributed by atoms with E-state index in [9.17, 15) is 8.60 Å². The van der Waals surface area contributed by atoms with Gasteiger partial charge in [0.25, 0.3) is 0 Å². The Morgan fingerprint density at radius 3 is 2.81 bits per heavy atom. The first-order valence-electron chi connectivity index (χ1n) is 8.20. The van der Waals surface area contributed by atoms with Crippen LogP contribution >= 0.6 is 22.9 Å². The van der Waals surface area contributed by atoms with Crippen LogP contribution in [0.2, 0.25) is 5.02 Å². The van der Waals surface area contributed by atoms with Crippen LogP contribution in [0, 0.1) is 5.82 Å². The van der Waals surface area contributed by atoms with E-state index in [2.05, 4.69) is 9.98 Å². The van der Waals surface area contributed by atoms with Crippen LogP contribution in [0.1, 0.15) is 23.8 Å². The van der Waals surface area contributed by atoms with Crippen LogP contribution in [0.3, 0.4) is 0 Å². The van der Waals surface area contributed by atoms with Crippen LogP contribution in [-0.4, -0.2) is 38.7 Å². The summed E-state index contributed by atoms with van der Waals surface area (Å²) in [7, 11) is -1.15. The molecule has 2 aromatic rings. The molecule has 138 valence electrons. The number of thiophene rings is 1. The number of nitrogens with zero attached hydrogens (tertiary/aromatic N) is 2. The van der Waals surface area contributed by atoms with Crippen molar-refractivity contribution in [3.8, 4) is 10.4 Å². The van der Waals surface area contributed by atoms with Crippen molar-refractivity contribution in [2.75, 3.05) is 19.0 Å². The molecule has 0 aromatic carbocycles. The lowest BCUT2D eigenvalue weighted by atomic mass is 9.97. The first-order chi connectivity index (χ1) is 12.5. The molecule has 2 N–H and O–H groups in total. The highest BCUT2D eigenvalue weighted by molar-refractivity contribution is 7.87. The maximum absolute atomic E-state index is 13.4. The second-order valence-corrected chi connectivity index (χ2v) is 9.66. The Bertz CT molecular complexity index is 896. The number of aliphatic imine (C=N–C) groups is 1. The highest BCUT2D eigenvalue weighted by Crippen LogP contribution is 2.43. The highest BCUT2D eigenvalue weighted by atomic mass is 35.5. The molecule has 0 bridgehead atoms. The molecule has 2 atom stereocenters. The van der Waals surface area contributed by atoms with E-state index >= 15 is 0 Å². The fraction of sp³-hybridized carbons (Fsp3) is 0.412. The molecule has 0 saturated carbocycles. The van der Waals surface area contributed by atoms with Gasteiger partial charge in [-0.2, -0.15) is 0 Å². The van der Waals surface area contributed by atoms with Crippen LogP contribution in [0.4, 0.5) is 4.39 Å². The summed E-state index contributed by atoms with van der Waals surface area (Å²) in [6, 6.07) is 2.83. The van der Waals surface area contributed by atoms with E-state index in [4.69, 9.17) is 22.1 Å². The van der Waals surface area contributed by atoms with E-state index in [0.29, 0.717) is 48.2 Å². The van der Waals surface area contributed by atoms with Crippen LogP contribution in [-0.2, 0) is 15.5 Å². The van der Waals surface area contributed by atoms with Crippen molar-refractivity contribution in [3.63, 3.8) is 0 Å². The van der Waals surface area contributed by atoms with Crippen LogP contribution in [0.25, 0.3) is 10.4 Å². The molecular weight excluding hydrogens is 397 g/mol. The van der Waals surface area contributed by atoms with Gasteiger partial charge in [0, 0.05) is 45.5 Å². The summed E-state index contributed by atoms with van der Waals surface area (Å²) in [6.45, 7) is 1.09. The van der Waals surface area contributed by atoms with Gasteiger partial charge >= 0.3 is 0 Å². The summed E-state index contributed by atoms with van der Waals surface area (Å²) < 4.78 is 31.2. The van der Waals surface area contributed by atoms with Gasteiger partial charge in [0.15, 0.2) is 0 Å². The van der Waals surface area contributed by atoms with Gasteiger partial charge in [-0.05, 0) is 25.0 Å². The Morgan fingerprint density at radius 1 is 1.35 bits per heavy atom. The minimum absolute atomic E-state index is 0.350. The number of aromatic nitrogens is 1. The molecule has 9 heteroatoms. The summed E-state index contributed by atoms with van der Waals surface area (Å²) in [4.78, 5) is 10.1. The molecule has 2 unspecified atom stereocenters. The maximum Gasteiger partial charge on any atom is 0.142 e. The number of amidine groups is 1. The maximum atomic E-state index is 13.4. The SMILES string of the molecule is NC1=NC(c2sc(-c3cncc(F)c3)cc2Cl)CS(=O)C12CCOCC2. The normalized spacial score (nSPS) is 25.2. The largest absolute Gasteiger partial charge is 0.386 e. The summed E-state index contributed by atoms with van der Waals surface area (Å²) in [5.74, 6) is 0.395. The van der Waals surface area contributed by atoms with Crippen molar-refractivity contribution in [2.24, 2.45) is 10.7 Å². The number of nitrogens with two attached hydrogens (primary N) is 1. The molecular formula is C17H17ClFN3O2S2. The lowest BCUT2D eigenvalue weighted by Gasteiger charge is -2.39. The van der Waals surface area contributed by atoms with Crippen LogP contribution in [0.5, 0.6) is 0 Å². The Kier molecular flexibility index (Phi) is 4.85. The Balaban J connectivity index is 1.68. The van der Waals surface area contributed by atoms with Gasteiger partial charge in [-0.1, -0.05) is 11.6 Å². The number of hydrogen-bond donors (Lipinski definition) is 1. The highest BCUT2D eigenvalue weighted by Gasteiger charge is 2.46. The zero-order valence-corrected chi connectivity index (χ0v) is 16.2. The molecule has 1 spiro atoms. The standard InChI is InChI=1S/C17H17ClFN3O2S2/c18-12-6-14(10-5-11(19)8-21-7-10)25-15(12)13-9-26(23)17(16(20)22-13)1-3-24-4-2-17/h5-8,13H,1-4,9H2,(H2,20,22). The summed E-state index contributed by atoms with van der Waals surface area (Å²) >= 11 is 7.81. The van der Waals surface area contributed by atoms with Crippen molar-refractivity contribution in [3.05, 3.63) is 40.2 Å². The molecule has 2 aliphatic rings. The van der Waals surface area contributed by atoms with Crippen molar-refractivity contribution in [1.29, 1.82) is 0 Å². The summed E-state index contributed by atoms with van der Waals surface area (Å²) in [6.07, 6.45) is 3.99. The van der Waals surface area contributed by atoms with Crippen molar-refractivity contribution in [2.45, 2.75) is 23.6 Å². The van der Waals surface area contributed by atoms with Gasteiger partial charge in [-0.25, -0.2) is 4.39 Å². The predicted molar refractivity (Wildman–Crippen MR) is 103 cm³/mol. The number of ether oxygens (including phenoxy) is 1.